The number of pyridine rings is 1. The Kier molecular flexibility index (Phi) is 4.08. The molecule has 0 aliphatic rings. The van der Waals surface area contributed by atoms with Crippen LogP contribution in [0.2, 0.25) is 10.0 Å². The first-order valence-corrected chi connectivity index (χ1v) is 7.20. The summed E-state index contributed by atoms with van der Waals surface area (Å²) in [5.74, 6) is 5.72. The molecule has 0 amide bonds. The van der Waals surface area contributed by atoms with Gasteiger partial charge in [-0.2, -0.15) is 0 Å². The Morgan fingerprint density at radius 2 is 1.71 bits per heavy atom. The summed E-state index contributed by atoms with van der Waals surface area (Å²) in [6.07, 6.45) is 1.77. The molecule has 3 rings (SSSR count). The molecule has 0 fully saturated rings. The fourth-order valence-corrected chi connectivity index (χ4v) is 2.65. The standard InChI is InChI=1S/C16H13Cl2N3/c17-13-6-5-11(8-14(13)18)16(21-19)12-4-3-10-2-1-7-20-15(10)9-12/h1-9,16,21H,19H2. The predicted octanol–water partition coefficient (Wildman–Crippen LogP) is 4.09. The van der Waals surface area contributed by atoms with Crippen LogP contribution < -0.4 is 11.3 Å². The molecule has 2 aromatic carbocycles. The van der Waals surface area contributed by atoms with Gasteiger partial charge < -0.3 is 0 Å². The quantitative estimate of drug-likeness (QED) is 0.565. The van der Waals surface area contributed by atoms with E-state index in [4.69, 9.17) is 29.0 Å². The molecule has 0 saturated carbocycles. The molecule has 1 atom stereocenters. The molecule has 3 aromatic rings. The second-order valence-corrected chi connectivity index (χ2v) is 5.54. The molecule has 0 bridgehead atoms. The summed E-state index contributed by atoms with van der Waals surface area (Å²) in [6.45, 7) is 0. The van der Waals surface area contributed by atoms with Gasteiger partial charge in [0.2, 0.25) is 0 Å². The van der Waals surface area contributed by atoms with Crippen LogP contribution in [0.1, 0.15) is 17.2 Å². The Morgan fingerprint density at radius 1 is 0.952 bits per heavy atom. The predicted molar refractivity (Wildman–Crippen MR) is 87.4 cm³/mol. The number of rotatable bonds is 3. The molecule has 5 heteroatoms. The number of nitrogens with zero attached hydrogens (tertiary/aromatic N) is 1. The van der Waals surface area contributed by atoms with Crippen molar-refractivity contribution in [2.75, 3.05) is 0 Å². The number of hydrogen-bond acceptors (Lipinski definition) is 3. The first kappa shape index (κ1) is 14.3. The fraction of sp³-hybridized carbons (Fsp3) is 0.0625. The van der Waals surface area contributed by atoms with E-state index in [9.17, 15) is 0 Å². The number of nitrogens with one attached hydrogen (secondary N) is 1. The van der Waals surface area contributed by atoms with Crippen molar-refractivity contribution in [3.63, 3.8) is 0 Å². The third kappa shape index (κ3) is 2.87. The lowest BCUT2D eigenvalue weighted by Crippen LogP contribution is -2.28. The van der Waals surface area contributed by atoms with Crippen LogP contribution in [0.5, 0.6) is 0 Å². The van der Waals surface area contributed by atoms with Crippen molar-refractivity contribution in [1.82, 2.24) is 10.4 Å². The molecule has 3 N–H and O–H groups in total. The maximum absolute atomic E-state index is 6.08. The first-order valence-electron chi connectivity index (χ1n) is 6.45. The molecule has 1 heterocycles. The minimum absolute atomic E-state index is 0.175. The van der Waals surface area contributed by atoms with Gasteiger partial charge in [0, 0.05) is 11.6 Å². The van der Waals surface area contributed by atoms with Crippen LogP contribution in [0.4, 0.5) is 0 Å². The molecule has 21 heavy (non-hydrogen) atoms. The molecular formula is C16H13Cl2N3. The molecule has 0 spiro atoms. The van der Waals surface area contributed by atoms with Crippen LogP contribution in [0.3, 0.4) is 0 Å². The smallest absolute Gasteiger partial charge is 0.0711 e. The summed E-state index contributed by atoms with van der Waals surface area (Å²) in [5, 5.41) is 2.12. The van der Waals surface area contributed by atoms with E-state index >= 15 is 0 Å². The number of halogens is 2. The highest BCUT2D eigenvalue weighted by Crippen LogP contribution is 2.29. The Bertz CT molecular complexity index is 789. The summed E-state index contributed by atoms with van der Waals surface area (Å²) < 4.78 is 0. The Balaban J connectivity index is 2.06. The fourth-order valence-electron chi connectivity index (χ4n) is 2.34. The van der Waals surface area contributed by atoms with E-state index in [2.05, 4.69) is 10.4 Å². The normalized spacial score (nSPS) is 12.5. The van der Waals surface area contributed by atoms with Crippen molar-refractivity contribution in [2.45, 2.75) is 6.04 Å². The minimum atomic E-state index is -0.175. The van der Waals surface area contributed by atoms with E-state index < -0.39 is 0 Å². The number of nitrogens with two attached hydrogens (primary N) is 1. The lowest BCUT2D eigenvalue weighted by atomic mass is 9.98. The molecule has 1 unspecified atom stereocenters. The van der Waals surface area contributed by atoms with Crippen molar-refractivity contribution in [3.8, 4) is 0 Å². The average Bonchev–Trinajstić information content (AvgIpc) is 2.51. The van der Waals surface area contributed by atoms with Crippen molar-refractivity contribution < 1.29 is 0 Å². The maximum atomic E-state index is 6.08. The van der Waals surface area contributed by atoms with E-state index in [0.717, 1.165) is 22.0 Å². The zero-order valence-corrected chi connectivity index (χ0v) is 12.6. The first-order chi connectivity index (χ1) is 10.2. The van der Waals surface area contributed by atoms with Gasteiger partial charge in [-0.15, -0.1) is 0 Å². The summed E-state index contributed by atoms with van der Waals surface area (Å²) in [5.41, 5.74) is 5.71. The Morgan fingerprint density at radius 3 is 2.48 bits per heavy atom. The van der Waals surface area contributed by atoms with Gasteiger partial charge in [0.15, 0.2) is 0 Å². The zero-order valence-electron chi connectivity index (χ0n) is 11.1. The van der Waals surface area contributed by atoms with E-state index in [0.29, 0.717) is 10.0 Å². The van der Waals surface area contributed by atoms with Crippen LogP contribution >= 0.6 is 23.2 Å². The highest BCUT2D eigenvalue weighted by atomic mass is 35.5. The zero-order chi connectivity index (χ0) is 14.8. The van der Waals surface area contributed by atoms with Crippen LogP contribution in [0, 0.1) is 0 Å². The van der Waals surface area contributed by atoms with Crippen LogP contribution in [-0.2, 0) is 0 Å². The summed E-state index contributed by atoms with van der Waals surface area (Å²) in [7, 11) is 0. The van der Waals surface area contributed by atoms with Gasteiger partial charge in [-0.1, -0.05) is 47.5 Å². The van der Waals surface area contributed by atoms with Gasteiger partial charge in [0.1, 0.15) is 0 Å². The van der Waals surface area contributed by atoms with Crippen LogP contribution in [0.15, 0.2) is 54.7 Å². The molecule has 1 aromatic heterocycles. The van der Waals surface area contributed by atoms with Gasteiger partial charge in [-0.25, -0.2) is 5.43 Å². The van der Waals surface area contributed by atoms with Gasteiger partial charge in [0.25, 0.3) is 0 Å². The maximum Gasteiger partial charge on any atom is 0.0711 e. The minimum Gasteiger partial charge on any atom is -0.271 e. The summed E-state index contributed by atoms with van der Waals surface area (Å²) in [6, 6.07) is 15.3. The SMILES string of the molecule is NNC(c1ccc(Cl)c(Cl)c1)c1ccc2cccnc2c1. The second kappa shape index (κ2) is 6.00. The number of fused-ring (bicyclic) bond motifs is 1. The topological polar surface area (TPSA) is 50.9 Å². The van der Waals surface area contributed by atoms with Crippen molar-refractivity contribution in [1.29, 1.82) is 0 Å². The number of benzene rings is 2. The lowest BCUT2D eigenvalue weighted by Gasteiger charge is -2.18. The van der Waals surface area contributed by atoms with Crippen molar-refractivity contribution in [2.24, 2.45) is 5.84 Å². The highest BCUT2D eigenvalue weighted by Gasteiger charge is 2.14. The van der Waals surface area contributed by atoms with E-state index in [-0.39, 0.29) is 6.04 Å². The van der Waals surface area contributed by atoms with Crippen LogP contribution in [0.25, 0.3) is 10.9 Å². The van der Waals surface area contributed by atoms with Crippen molar-refractivity contribution in [3.05, 3.63) is 75.9 Å². The molecule has 3 nitrogen and oxygen atoms in total. The van der Waals surface area contributed by atoms with E-state index in [1.807, 2.05) is 42.5 Å². The largest absolute Gasteiger partial charge is 0.271 e. The van der Waals surface area contributed by atoms with Gasteiger partial charge in [0.05, 0.1) is 21.6 Å². The summed E-state index contributed by atoms with van der Waals surface area (Å²) >= 11 is 12.0. The molecule has 106 valence electrons. The molecule has 0 aliphatic carbocycles. The van der Waals surface area contributed by atoms with Crippen molar-refractivity contribution >= 4 is 34.1 Å². The number of aromatic nitrogens is 1. The Labute approximate surface area is 132 Å². The summed E-state index contributed by atoms with van der Waals surface area (Å²) in [4.78, 5) is 4.37. The van der Waals surface area contributed by atoms with Gasteiger partial charge >= 0.3 is 0 Å². The third-order valence-electron chi connectivity index (χ3n) is 3.41. The molecule has 0 aliphatic heterocycles. The van der Waals surface area contributed by atoms with E-state index in [1.165, 1.54) is 0 Å². The number of hydrogen-bond donors (Lipinski definition) is 2. The number of hydrazine groups is 1. The average molecular weight is 318 g/mol. The molecular weight excluding hydrogens is 305 g/mol. The second-order valence-electron chi connectivity index (χ2n) is 4.73. The highest BCUT2D eigenvalue weighted by molar-refractivity contribution is 6.42. The lowest BCUT2D eigenvalue weighted by molar-refractivity contribution is 0.637. The Hall–Kier alpha value is -1.65. The van der Waals surface area contributed by atoms with Gasteiger partial charge in [-0.05, 0) is 35.4 Å². The van der Waals surface area contributed by atoms with E-state index in [1.54, 1.807) is 12.3 Å². The third-order valence-corrected chi connectivity index (χ3v) is 4.15. The van der Waals surface area contributed by atoms with Crippen LogP contribution in [-0.4, -0.2) is 4.98 Å². The molecule has 0 radical (unpaired) electrons. The molecule has 0 saturated heterocycles. The van der Waals surface area contributed by atoms with Gasteiger partial charge in [-0.3, -0.25) is 10.8 Å². The monoisotopic (exact) mass is 317 g/mol.